The van der Waals surface area contributed by atoms with Crippen molar-refractivity contribution in [2.75, 3.05) is 30.8 Å². The lowest BCUT2D eigenvalue weighted by molar-refractivity contribution is -0.115. The van der Waals surface area contributed by atoms with E-state index in [2.05, 4.69) is 16.0 Å². The van der Waals surface area contributed by atoms with Crippen LogP contribution in [0.25, 0.3) is 0 Å². The van der Waals surface area contributed by atoms with Crippen LogP contribution in [0.5, 0.6) is 5.75 Å². The quantitative estimate of drug-likeness (QED) is 0.644. The van der Waals surface area contributed by atoms with Crippen LogP contribution in [0.1, 0.15) is 12.5 Å². The number of benzene rings is 2. The highest BCUT2D eigenvalue weighted by Crippen LogP contribution is 2.15. The maximum absolute atomic E-state index is 12.0. The molecule has 0 heterocycles. The molecule has 0 saturated heterocycles. The van der Waals surface area contributed by atoms with E-state index in [0.717, 1.165) is 12.2 Å². The molecule has 0 radical (unpaired) electrons. The molecule has 0 unspecified atom stereocenters. The average Bonchev–Trinajstić information content (AvgIpc) is 2.59. The fourth-order valence-corrected chi connectivity index (χ4v) is 2.31. The van der Waals surface area contributed by atoms with Gasteiger partial charge in [0.25, 0.3) is 0 Å². The smallest absolute Gasteiger partial charge is 0.238 e. The van der Waals surface area contributed by atoms with E-state index in [9.17, 15) is 9.59 Å². The minimum absolute atomic E-state index is 0.130. The van der Waals surface area contributed by atoms with Gasteiger partial charge < -0.3 is 20.7 Å². The fraction of sp³-hybridized carbons (Fsp3) is 0.263. The van der Waals surface area contributed by atoms with Crippen LogP contribution < -0.4 is 20.7 Å². The first kappa shape index (κ1) is 18.5. The summed E-state index contributed by atoms with van der Waals surface area (Å²) in [6.07, 6.45) is 0.829. The number of carbonyl (C=O) groups excluding carboxylic acids is 2. The number of hydrogen-bond donors (Lipinski definition) is 3. The second-order valence-corrected chi connectivity index (χ2v) is 5.59. The van der Waals surface area contributed by atoms with Gasteiger partial charge in [-0.05, 0) is 48.9 Å². The Morgan fingerprint density at radius 2 is 1.68 bits per heavy atom. The van der Waals surface area contributed by atoms with Gasteiger partial charge in [-0.15, -0.1) is 0 Å². The van der Waals surface area contributed by atoms with E-state index in [0.29, 0.717) is 17.9 Å². The van der Waals surface area contributed by atoms with Gasteiger partial charge in [-0.3, -0.25) is 9.59 Å². The van der Waals surface area contributed by atoms with Crippen LogP contribution >= 0.6 is 0 Å². The van der Waals surface area contributed by atoms with E-state index >= 15 is 0 Å². The Kier molecular flexibility index (Phi) is 6.98. The van der Waals surface area contributed by atoms with Crippen LogP contribution in [0, 0.1) is 0 Å². The lowest BCUT2D eigenvalue weighted by Gasteiger charge is -2.09. The normalized spacial score (nSPS) is 10.2. The number of nitrogens with one attached hydrogen (secondary N) is 3. The summed E-state index contributed by atoms with van der Waals surface area (Å²) < 4.78 is 5.12. The summed E-state index contributed by atoms with van der Waals surface area (Å²) in [6.45, 7) is 2.37. The monoisotopic (exact) mass is 341 g/mol. The molecule has 2 aromatic carbocycles. The zero-order valence-electron chi connectivity index (χ0n) is 14.5. The molecule has 6 nitrogen and oxygen atoms in total. The molecule has 0 atom stereocenters. The number of hydrogen-bond acceptors (Lipinski definition) is 4. The first-order valence-corrected chi connectivity index (χ1v) is 8.08. The van der Waals surface area contributed by atoms with Crippen molar-refractivity contribution in [3.05, 3.63) is 54.1 Å². The highest BCUT2D eigenvalue weighted by atomic mass is 16.5. The largest absolute Gasteiger partial charge is 0.497 e. The minimum atomic E-state index is -0.149. The molecule has 0 aliphatic rings. The van der Waals surface area contributed by atoms with Crippen LogP contribution in [0.3, 0.4) is 0 Å². The highest BCUT2D eigenvalue weighted by molar-refractivity contribution is 5.94. The summed E-state index contributed by atoms with van der Waals surface area (Å²) in [7, 11) is 1.64. The summed E-state index contributed by atoms with van der Waals surface area (Å²) >= 11 is 0. The first-order chi connectivity index (χ1) is 12.1. The highest BCUT2D eigenvalue weighted by Gasteiger charge is 2.03. The lowest BCUT2D eigenvalue weighted by Crippen LogP contribution is -2.29. The van der Waals surface area contributed by atoms with Gasteiger partial charge in [0, 0.05) is 18.3 Å². The Labute approximate surface area is 147 Å². The maximum atomic E-state index is 12.0. The predicted octanol–water partition coefficient (Wildman–Crippen LogP) is 2.42. The standard InChI is InChI=1S/C19H23N3O3/c1-14(23)21-16-4-3-5-17(12-16)22-19(24)13-20-11-10-15-6-8-18(25-2)9-7-15/h3-9,12,20H,10-11,13H2,1-2H3,(H,21,23)(H,22,24). The van der Waals surface area contributed by atoms with Crippen LogP contribution in [-0.2, 0) is 16.0 Å². The maximum Gasteiger partial charge on any atom is 0.238 e. The van der Waals surface area contributed by atoms with Gasteiger partial charge in [-0.1, -0.05) is 18.2 Å². The molecular formula is C19H23N3O3. The number of methoxy groups -OCH3 is 1. The SMILES string of the molecule is COc1ccc(CCNCC(=O)Nc2cccc(NC(C)=O)c2)cc1. The van der Waals surface area contributed by atoms with Gasteiger partial charge in [0.1, 0.15) is 5.75 Å². The Morgan fingerprint density at radius 3 is 2.32 bits per heavy atom. The van der Waals surface area contributed by atoms with Gasteiger partial charge in [0.05, 0.1) is 13.7 Å². The summed E-state index contributed by atoms with van der Waals surface area (Å²) in [6, 6.07) is 14.9. The Bertz CT molecular complexity index is 714. The molecule has 0 aliphatic carbocycles. The molecule has 2 rings (SSSR count). The second-order valence-electron chi connectivity index (χ2n) is 5.59. The molecule has 132 valence electrons. The summed E-state index contributed by atoms with van der Waals surface area (Å²) in [5.41, 5.74) is 2.47. The number of amides is 2. The molecule has 2 aromatic rings. The van der Waals surface area contributed by atoms with Crippen LogP contribution in [0.4, 0.5) is 11.4 Å². The van der Waals surface area contributed by atoms with Crippen LogP contribution in [-0.4, -0.2) is 32.0 Å². The van der Waals surface area contributed by atoms with Crippen molar-refractivity contribution in [2.45, 2.75) is 13.3 Å². The molecule has 2 amide bonds. The third kappa shape index (κ3) is 6.64. The predicted molar refractivity (Wildman–Crippen MR) is 98.9 cm³/mol. The number of anilines is 2. The number of ether oxygens (including phenoxy) is 1. The Hall–Kier alpha value is -2.86. The van der Waals surface area contributed by atoms with Crippen molar-refractivity contribution in [3.63, 3.8) is 0 Å². The average molecular weight is 341 g/mol. The topological polar surface area (TPSA) is 79.5 Å². The van der Waals surface area contributed by atoms with Crippen LogP contribution in [0.2, 0.25) is 0 Å². The van der Waals surface area contributed by atoms with E-state index in [1.54, 1.807) is 31.4 Å². The zero-order valence-corrected chi connectivity index (χ0v) is 14.5. The lowest BCUT2D eigenvalue weighted by atomic mass is 10.1. The molecule has 6 heteroatoms. The van der Waals surface area contributed by atoms with Crippen LogP contribution in [0.15, 0.2) is 48.5 Å². The third-order valence-corrected chi connectivity index (χ3v) is 3.50. The zero-order chi connectivity index (χ0) is 18.1. The van der Waals surface area contributed by atoms with Crippen molar-refractivity contribution >= 4 is 23.2 Å². The fourth-order valence-electron chi connectivity index (χ4n) is 2.31. The summed E-state index contributed by atoms with van der Waals surface area (Å²) in [5, 5.41) is 8.60. The molecule has 0 aliphatic heterocycles. The van der Waals surface area contributed by atoms with Crippen molar-refractivity contribution in [1.29, 1.82) is 0 Å². The van der Waals surface area contributed by atoms with Gasteiger partial charge in [0.15, 0.2) is 0 Å². The minimum Gasteiger partial charge on any atom is -0.497 e. The van der Waals surface area contributed by atoms with E-state index in [1.807, 2.05) is 24.3 Å². The number of carbonyl (C=O) groups is 2. The number of rotatable bonds is 8. The summed E-state index contributed by atoms with van der Waals surface area (Å²) in [4.78, 5) is 23.0. The first-order valence-electron chi connectivity index (χ1n) is 8.08. The summed E-state index contributed by atoms with van der Waals surface area (Å²) in [5.74, 6) is 0.552. The second kappa shape index (κ2) is 9.44. The van der Waals surface area contributed by atoms with E-state index in [1.165, 1.54) is 12.5 Å². The van der Waals surface area contributed by atoms with Gasteiger partial charge in [-0.2, -0.15) is 0 Å². The van der Waals surface area contributed by atoms with Crippen molar-refractivity contribution in [1.82, 2.24) is 5.32 Å². The molecule has 25 heavy (non-hydrogen) atoms. The molecular weight excluding hydrogens is 318 g/mol. The van der Waals surface area contributed by atoms with E-state index in [4.69, 9.17) is 4.74 Å². The van der Waals surface area contributed by atoms with Gasteiger partial charge >= 0.3 is 0 Å². The van der Waals surface area contributed by atoms with Crippen molar-refractivity contribution in [2.24, 2.45) is 0 Å². The molecule has 0 saturated carbocycles. The van der Waals surface area contributed by atoms with Gasteiger partial charge in [0.2, 0.25) is 11.8 Å². The molecule has 0 bridgehead atoms. The molecule has 0 fully saturated rings. The van der Waals surface area contributed by atoms with Crippen molar-refractivity contribution < 1.29 is 14.3 Å². The third-order valence-electron chi connectivity index (χ3n) is 3.50. The van der Waals surface area contributed by atoms with E-state index < -0.39 is 0 Å². The Balaban J connectivity index is 1.72. The molecule has 3 N–H and O–H groups in total. The molecule has 0 aromatic heterocycles. The van der Waals surface area contributed by atoms with E-state index in [-0.39, 0.29) is 18.4 Å². The van der Waals surface area contributed by atoms with Gasteiger partial charge in [-0.25, -0.2) is 0 Å². The van der Waals surface area contributed by atoms with Crippen molar-refractivity contribution in [3.8, 4) is 5.75 Å². The molecule has 0 spiro atoms. The Morgan fingerprint density at radius 1 is 1.00 bits per heavy atom.